The van der Waals surface area contributed by atoms with Gasteiger partial charge in [0.2, 0.25) is 5.91 Å². The lowest BCUT2D eigenvalue weighted by atomic mass is 10.0. The van der Waals surface area contributed by atoms with E-state index < -0.39 is 5.92 Å². The van der Waals surface area contributed by atoms with Crippen LogP contribution in [0, 0.1) is 17.2 Å². The van der Waals surface area contributed by atoms with Gasteiger partial charge in [-0.05, 0) is 12.8 Å². The molecule has 1 heterocycles. The molecule has 0 aromatic rings. The Kier molecular flexibility index (Phi) is 5.13. The lowest BCUT2D eigenvalue weighted by Gasteiger charge is -2.21. The highest BCUT2D eigenvalue weighted by Gasteiger charge is 2.23. The molecule has 0 radical (unpaired) electrons. The van der Waals surface area contributed by atoms with E-state index in [9.17, 15) is 4.79 Å². The molecule has 4 nitrogen and oxygen atoms in total. The number of amides is 1. The van der Waals surface area contributed by atoms with Gasteiger partial charge < -0.3 is 9.64 Å². The number of hydrogen-bond donors (Lipinski definition) is 0. The molecule has 1 unspecified atom stereocenters. The maximum Gasteiger partial charge on any atom is 0.240 e. The van der Waals surface area contributed by atoms with E-state index in [4.69, 9.17) is 10.00 Å². The summed E-state index contributed by atoms with van der Waals surface area (Å²) >= 11 is 0. The molecule has 0 aromatic heterocycles. The third kappa shape index (κ3) is 3.52. The quantitative estimate of drug-likeness (QED) is 0.702. The Bertz CT molecular complexity index is 239. The van der Waals surface area contributed by atoms with Crippen LogP contribution in [0.4, 0.5) is 0 Å². The molecular weight excluding hydrogens is 192 g/mol. The van der Waals surface area contributed by atoms with E-state index in [2.05, 4.69) is 6.07 Å². The number of rotatable bonds is 3. The molecule has 0 aliphatic carbocycles. The second-order valence-corrected chi connectivity index (χ2v) is 3.76. The summed E-state index contributed by atoms with van der Waals surface area (Å²) in [6, 6.07) is 2.09. The number of carbonyl (C=O) groups excluding carboxylic acids is 1. The maximum absolute atomic E-state index is 11.9. The standard InChI is InChI=1S/C11H18N2O2/c1-2-4-10(9-12)11(14)13-5-3-7-15-8-6-13/h10H,2-8H2,1H3. The SMILES string of the molecule is CCCC(C#N)C(=O)N1CCCOCC1. The lowest BCUT2D eigenvalue weighted by molar-refractivity contribution is -0.134. The highest BCUT2D eigenvalue weighted by molar-refractivity contribution is 5.81. The molecule has 0 N–H and O–H groups in total. The van der Waals surface area contributed by atoms with Crippen LogP contribution in [0.25, 0.3) is 0 Å². The molecule has 0 saturated carbocycles. The van der Waals surface area contributed by atoms with Gasteiger partial charge in [-0.2, -0.15) is 5.26 Å². The van der Waals surface area contributed by atoms with Crippen molar-refractivity contribution < 1.29 is 9.53 Å². The molecule has 1 amide bonds. The van der Waals surface area contributed by atoms with Crippen molar-refractivity contribution in [2.75, 3.05) is 26.3 Å². The summed E-state index contributed by atoms with van der Waals surface area (Å²) in [5.74, 6) is -0.488. The zero-order valence-electron chi connectivity index (χ0n) is 9.24. The van der Waals surface area contributed by atoms with Crippen LogP contribution < -0.4 is 0 Å². The molecule has 1 aliphatic heterocycles. The Morgan fingerprint density at radius 2 is 2.33 bits per heavy atom. The first-order valence-electron chi connectivity index (χ1n) is 5.55. The summed E-state index contributed by atoms with van der Waals surface area (Å²) in [6.07, 6.45) is 2.40. The summed E-state index contributed by atoms with van der Waals surface area (Å²) in [4.78, 5) is 13.7. The van der Waals surface area contributed by atoms with Gasteiger partial charge in [-0.3, -0.25) is 4.79 Å². The zero-order valence-corrected chi connectivity index (χ0v) is 9.24. The van der Waals surface area contributed by atoms with Crippen LogP contribution in [0.1, 0.15) is 26.2 Å². The highest BCUT2D eigenvalue weighted by Crippen LogP contribution is 2.11. The summed E-state index contributed by atoms with van der Waals surface area (Å²) in [7, 11) is 0. The van der Waals surface area contributed by atoms with Gasteiger partial charge in [0.1, 0.15) is 5.92 Å². The molecule has 1 fully saturated rings. The summed E-state index contributed by atoms with van der Waals surface area (Å²) in [6.45, 7) is 4.65. The molecule has 0 bridgehead atoms. The monoisotopic (exact) mass is 210 g/mol. The van der Waals surface area contributed by atoms with Crippen LogP contribution in [0.15, 0.2) is 0 Å². The zero-order chi connectivity index (χ0) is 11.1. The first kappa shape index (κ1) is 12.0. The Labute approximate surface area is 90.8 Å². The lowest BCUT2D eigenvalue weighted by Crippen LogP contribution is -2.37. The minimum atomic E-state index is -0.465. The molecule has 0 spiro atoms. The van der Waals surface area contributed by atoms with Crippen molar-refractivity contribution in [2.45, 2.75) is 26.2 Å². The maximum atomic E-state index is 11.9. The van der Waals surface area contributed by atoms with E-state index >= 15 is 0 Å². The van der Waals surface area contributed by atoms with Gasteiger partial charge in [0.05, 0.1) is 12.7 Å². The first-order valence-corrected chi connectivity index (χ1v) is 5.55. The van der Waals surface area contributed by atoms with Crippen molar-refractivity contribution in [2.24, 2.45) is 5.92 Å². The van der Waals surface area contributed by atoms with Crippen molar-refractivity contribution in [1.82, 2.24) is 4.90 Å². The minimum Gasteiger partial charge on any atom is -0.380 e. The summed E-state index contributed by atoms with van der Waals surface area (Å²) in [5, 5.41) is 8.90. The molecule has 84 valence electrons. The van der Waals surface area contributed by atoms with E-state index in [0.717, 1.165) is 26.0 Å². The van der Waals surface area contributed by atoms with Crippen LogP contribution in [0.2, 0.25) is 0 Å². The summed E-state index contributed by atoms with van der Waals surface area (Å²) < 4.78 is 5.27. The molecule has 1 atom stereocenters. The smallest absolute Gasteiger partial charge is 0.240 e. The second-order valence-electron chi connectivity index (χ2n) is 3.76. The highest BCUT2D eigenvalue weighted by atomic mass is 16.5. The Balaban J connectivity index is 2.52. The number of nitriles is 1. The molecule has 1 rings (SSSR count). The largest absolute Gasteiger partial charge is 0.380 e. The van der Waals surface area contributed by atoms with Gasteiger partial charge in [0.15, 0.2) is 0 Å². The Hall–Kier alpha value is -1.08. The molecule has 0 aromatic carbocycles. The predicted molar refractivity (Wildman–Crippen MR) is 56.0 cm³/mol. The van der Waals surface area contributed by atoms with Gasteiger partial charge >= 0.3 is 0 Å². The Morgan fingerprint density at radius 1 is 1.53 bits per heavy atom. The van der Waals surface area contributed by atoms with E-state index in [1.807, 2.05) is 6.92 Å². The van der Waals surface area contributed by atoms with Crippen LogP contribution >= 0.6 is 0 Å². The Morgan fingerprint density at radius 3 is 3.00 bits per heavy atom. The van der Waals surface area contributed by atoms with E-state index in [1.54, 1.807) is 4.90 Å². The van der Waals surface area contributed by atoms with Crippen molar-refractivity contribution in [3.63, 3.8) is 0 Å². The van der Waals surface area contributed by atoms with Crippen LogP contribution in [0.3, 0.4) is 0 Å². The molecular formula is C11H18N2O2. The van der Waals surface area contributed by atoms with E-state index in [1.165, 1.54) is 0 Å². The minimum absolute atomic E-state index is 0.0233. The average Bonchev–Trinajstić information content (AvgIpc) is 2.53. The van der Waals surface area contributed by atoms with Gasteiger partial charge in [0.25, 0.3) is 0 Å². The van der Waals surface area contributed by atoms with Crippen molar-refractivity contribution >= 4 is 5.91 Å². The number of nitrogens with zero attached hydrogens (tertiary/aromatic N) is 2. The van der Waals surface area contributed by atoms with Gasteiger partial charge in [-0.25, -0.2) is 0 Å². The van der Waals surface area contributed by atoms with Crippen molar-refractivity contribution in [3.8, 4) is 6.07 Å². The number of hydrogen-bond acceptors (Lipinski definition) is 3. The average molecular weight is 210 g/mol. The van der Waals surface area contributed by atoms with E-state index in [0.29, 0.717) is 19.6 Å². The fraction of sp³-hybridized carbons (Fsp3) is 0.818. The van der Waals surface area contributed by atoms with Crippen molar-refractivity contribution in [1.29, 1.82) is 5.26 Å². The molecule has 1 aliphatic rings. The molecule has 1 saturated heterocycles. The normalized spacial score (nSPS) is 19.1. The van der Waals surface area contributed by atoms with Gasteiger partial charge in [0, 0.05) is 19.7 Å². The predicted octanol–water partition coefficient (Wildman–Crippen LogP) is 1.18. The summed E-state index contributed by atoms with van der Waals surface area (Å²) in [5.41, 5.74) is 0. The van der Waals surface area contributed by atoms with Crippen LogP contribution in [-0.4, -0.2) is 37.1 Å². The van der Waals surface area contributed by atoms with Crippen LogP contribution in [-0.2, 0) is 9.53 Å². The number of carbonyl (C=O) groups is 1. The third-order valence-corrected chi connectivity index (χ3v) is 2.57. The van der Waals surface area contributed by atoms with Gasteiger partial charge in [-0.1, -0.05) is 13.3 Å². The fourth-order valence-electron chi connectivity index (χ4n) is 1.72. The second kappa shape index (κ2) is 6.41. The third-order valence-electron chi connectivity index (χ3n) is 2.57. The van der Waals surface area contributed by atoms with Gasteiger partial charge in [-0.15, -0.1) is 0 Å². The topological polar surface area (TPSA) is 53.3 Å². The van der Waals surface area contributed by atoms with E-state index in [-0.39, 0.29) is 5.91 Å². The fourth-order valence-corrected chi connectivity index (χ4v) is 1.72. The first-order chi connectivity index (χ1) is 7.29. The van der Waals surface area contributed by atoms with Crippen molar-refractivity contribution in [3.05, 3.63) is 0 Å². The van der Waals surface area contributed by atoms with Crippen LogP contribution in [0.5, 0.6) is 0 Å². The number of ether oxygens (including phenoxy) is 1. The molecule has 15 heavy (non-hydrogen) atoms. The molecule has 4 heteroatoms.